The van der Waals surface area contributed by atoms with Crippen LogP contribution in [-0.4, -0.2) is 24.3 Å². The first-order chi connectivity index (χ1) is 10.6. The number of aryl methyl sites for hydroxylation is 1. The molecule has 0 heterocycles. The number of benzene rings is 2. The number of hydrogen-bond acceptors (Lipinski definition) is 3. The highest BCUT2D eigenvalue weighted by molar-refractivity contribution is 9.10. The summed E-state index contributed by atoms with van der Waals surface area (Å²) in [5.74, 6) is 0.170. The number of hydrogen-bond donors (Lipinski definition) is 1. The van der Waals surface area contributed by atoms with Crippen LogP contribution in [0.1, 0.15) is 22.8 Å². The second-order valence-electron chi connectivity index (χ2n) is 4.60. The molecule has 0 saturated heterocycles. The Morgan fingerprint density at radius 1 is 1.09 bits per heavy atom. The molecule has 0 fully saturated rings. The predicted octanol–water partition coefficient (Wildman–Crippen LogP) is 4.17. The summed E-state index contributed by atoms with van der Waals surface area (Å²) in [6.07, 6.45) is 0.872. The topological polar surface area (TPSA) is 55.8 Å². The summed E-state index contributed by atoms with van der Waals surface area (Å²) in [5, 5.41) is 9.08. The van der Waals surface area contributed by atoms with E-state index in [9.17, 15) is 4.79 Å². The number of ether oxygens (including phenoxy) is 2. The van der Waals surface area contributed by atoms with Gasteiger partial charge < -0.3 is 14.6 Å². The maximum absolute atomic E-state index is 11.1. The molecular weight excluding hydrogens is 348 g/mol. The summed E-state index contributed by atoms with van der Waals surface area (Å²) >= 11 is 3.44. The summed E-state index contributed by atoms with van der Waals surface area (Å²) in [4.78, 5) is 11.1. The van der Waals surface area contributed by atoms with Crippen LogP contribution in [-0.2, 0) is 6.42 Å². The van der Waals surface area contributed by atoms with Crippen LogP contribution in [0.2, 0.25) is 0 Å². The first kappa shape index (κ1) is 16.4. The van der Waals surface area contributed by atoms with E-state index in [1.807, 2.05) is 18.2 Å². The van der Waals surface area contributed by atoms with E-state index in [2.05, 4.69) is 22.9 Å². The number of rotatable bonds is 7. The zero-order chi connectivity index (χ0) is 15.9. The van der Waals surface area contributed by atoms with Gasteiger partial charge in [0.25, 0.3) is 0 Å². The van der Waals surface area contributed by atoms with Crippen LogP contribution in [0.25, 0.3) is 0 Å². The molecule has 0 aliphatic rings. The van der Waals surface area contributed by atoms with Crippen molar-refractivity contribution in [2.24, 2.45) is 0 Å². The number of carbonyl (C=O) groups is 1. The fraction of sp³-hybridized carbons (Fsp3) is 0.235. The van der Waals surface area contributed by atoms with E-state index >= 15 is 0 Å². The third-order valence-electron chi connectivity index (χ3n) is 3.12. The van der Waals surface area contributed by atoms with Gasteiger partial charge in [0.15, 0.2) is 0 Å². The summed E-state index contributed by atoms with van der Waals surface area (Å²) in [6, 6.07) is 12.4. The van der Waals surface area contributed by atoms with Crippen LogP contribution in [0.15, 0.2) is 46.9 Å². The Morgan fingerprint density at radius 3 is 2.45 bits per heavy atom. The lowest BCUT2D eigenvalue weighted by atomic mass is 10.1. The highest BCUT2D eigenvalue weighted by atomic mass is 79.9. The van der Waals surface area contributed by atoms with Crippen molar-refractivity contribution in [1.82, 2.24) is 0 Å². The number of carboxylic acid groups (broad SMARTS) is 1. The molecule has 4 nitrogen and oxygen atoms in total. The van der Waals surface area contributed by atoms with E-state index in [-0.39, 0.29) is 12.2 Å². The molecule has 0 aliphatic heterocycles. The first-order valence-corrected chi connectivity index (χ1v) is 7.77. The first-order valence-electron chi connectivity index (χ1n) is 6.98. The van der Waals surface area contributed by atoms with Gasteiger partial charge in [0.1, 0.15) is 30.3 Å². The summed E-state index contributed by atoms with van der Waals surface area (Å²) in [6.45, 7) is 2.69. The van der Waals surface area contributed by atoms with E-state index in [1.54, 1.807) is 18.2 Å². The molecule has 0 bridgehead atoms. The van der Waals surface area contributed by atoms with Crippen molar-refractivity contribution in [3.8, 4) is 11.5 Å². The van der Waals surface area contributed by atoms with Gasteiger partial charge in [0, 0.05) is 4.47 Å². The van der Waals surface area contributed by atoms with E-state index < -0.39 is 5.97 Å². The number of halogens is 1. The molecule has 0 spiro atoms. The van der Waals surface area contributed by atoms with E-state index in [4.69, 9.17) is 14.6 Å². The molecule has 0 amide bonds. The Morgan fingerprint density at radius 2 is 1.77 bits per heavy atom. The Kier molecular flexibility index (Phi) is 5.83. The molecule has 0 aromatic heterocycles. The quantitative estimate of drug-likeness (QED) is 0.749. The van der Waals surface area contributed by atoms with Crippen molar-refractivity contribution in [3.05, 3.63) is 58.1 Å². The molecule has 2 aromatic carbocycles. The molecule has 22 heavy (non-hydrogen) atoms. The monoisotopic (exact) mass is 364 g/mol. The van der Waals surface area contributed by atoms with Gasteiger partial charge in [-0.15, -0.1) is 0 Å². The van der Waals surface area contributed by atoms with E-state index in [0.717, 1.165) is 22.2 Å². The van der Waals surface area contributed by atoms with Gasteiger partial charge in [0.05, 0.1) is 0 Å². The number of para-hydroxylation sites is 1. The number of carboxylic acids is 1. The Bertz CT molecular complexity index is 655. The number of aromatic carboxylic acids is 1. The van der Waals surface area contributed by atoms with Crippen LogP contribution in [0.3, 0.4) is 0 Å². The molecular formula is C17H17BrO4. The van der Waals surface area contributed by atoms with Crippen LogP contribution >= 0.6 is 15.9 Å². The van der Waals surface area contributed by atoms with Crippen molar-refractivity contribution < 1.29 is 19.4 Å². The lowest BCUT2D eigenvalue weighted by Crippen LogP contribution is -2.11. The Labute approximate surface area is 137 Å². The summed E-state index contributed by atoms with van der Waals surface area (Å²) in [7, 11) is 0. The van der Waals surface area contributed by atoms with Gasteiger partial charge in [-0.2, -0.15) is 0 Å². The van der Waals surface area contributed by atoms with Crippen molar-refractivity contribution in [1.29, 1.82) is 0 Å². The van der Waals surface area contributed by atoms with Gasteiger partial charge in [-0.25, -0.2) is 4.79 Å². The fourth-order valence-corrected chi connectivity index (χ4v) is 2.45. The SMILES string of the molecule is CCc1cc(Br)ccc1OCCOc1ccccc1C(=O)O. The van der Waals surface area contributed by atoms with Gasteiger partial charge in [-0.3, -0.25) is 0 Å². The zero-order valence-corrected chi connectivity index (χ0v) is 13.8. The smallest absolute Gasteiger partial charge is 0.339 e. The minimum atomic E-state index is -1.00. The lowest BCUT2D eigenvalue weighted by Gasteiger charge is -2.12. The second kappa shape index (κ2) is 7.84. The standard InChI is InChI=1S/C17H17BrO4/c1-2-12-11-13(18)7-8-15(12)21-9-10-22-16-6-4-3-5-14(16)17(19)20/h3-8,11H,2,9-10H2,1H3,(H,19,20). The highest BCUT2D eigenvalue weighted by Crippen LogP contribution is 2.24. The molecule has 0 unspecified atom stereocenters. The molecule has 5 heteroatoms. The molecule has 0 radical (unpaired) electrons. The molecule has 2 rings (SSSR count). The van der Waals surface area contributed by atoms with Crippen LogP contribution in [0.4, 0.5) is 0 Å². The van der Waals surface area contributed by atoms with Gasteiger partial charge in [-0.05, 0) is 42.3 Å². The fourth-order valence-electron chi connectivity index (χ4n) is 2.04. The molecule has 116 valence electrons. The van der Waals surface area contributed by atoms with Crippen molar-refractivity contribution in [2.45, 2.75) is 13.3 Å². The van der Waals surface area contributed by atoms with Crippen molar-refractivity contribution in [2.75, 3.05) is 13.2 Å². The molecule has 0 aliphatic carbocycles. The molecule has 0 atom stereocenters. The van der Waals surface area contributed by atoms with Crippen LogP contribution in [0.5, 0.6) is 11.5 Å². The molecule has 2 aromatic rings. The Balaban J connectivity index is 1.92. The second-order valence-corrected chi connectivity index (χ2v) is 5.52. The molecule has 0 saturated carbocycles. The average Bonchev–Trinajstić information content (AvgIpc) is 2.52. The van der Waals surface area contributed by atoms with E-state index in [0.29, 0.717) is 12.4 Å². The zero-order valence-electron chi connectivity index (χ0n) is 12.2. The maximum atomic E-state index is 11.1. The third kappa shape index (κ3) is 4.24. The minimum absolute atomic E-state index is 0.153. The van der Waals surface area contributed by atoms with Gasteiger partial charge in [-0.1, -0.05) is 35.0 Å². The highest BCUT2D eigenvalue weighted by Gasteiger charge is 2.10. The predicted molar refractivity (Wildman–Crippen MR) is 87.9 cm³/mol. The third-order valence-corrected chi connectivity index (χ3v) is 3.61. The summed E-state index contributed by atoms with van der Waals surface area (Å²) < 4.78 is 12.2. The van der Waals surface area contributed by atoms with Crippen LogP contribution < -0.4 is 9.47 Å². The minimum Gasteiger partial charge on any atom is -0.490 e. The van der Waals surface area contributed by atoms with E-state index in [1.165, 1.54) is 6.07 Å². The van der Waals surface area contributed by atoms with Gasteiger partial charge >= 0.3 is 5.97 Å². The summed E-state index contributed by atoms with van der Waals surface area (Å²) in [5.41, 5.74) is 1.26. The maximum Gasteiger partial charge on any atom is 0.339 e. The van der Waals surface area contributed by atoms with Crippen molar-refractivity contribution >= 4 is 21.9 Å². The van der Waals surface area contributed by atoms with Gasteiger partial charge in [0.2, 0.25) is 0 Å². The average molecular weight is 365 g/mol. The normalized spacial score (nSPS) is 10.3. The Hall–Kier alpha value is -2.01. The lowest BCUT2D eigenvalue weighted by molar-refractivity contribution is 0.0691. The van der Waals surface area contributed by atoms with Crippen molar-refractivity contribution in [3.63, 3.8) is 0 Å². The largest absolute Gasteiger partial charge is 0.490 e. The van der Waals surface area contributed by atoms with Crippen LogP contribution in [0, 0.1) is 0 Å². The molecule has 1 N–H and O–H groups in total.